The van der Waals surface area contributed by atoms with Gasteiger partial charge in [-0.1, -0.05) is 60.3 Å². The Kier molecular flexibility index (Phi) is 18.8. The third kappa shape index (κ3) is 13.9. The van der Waals surface area contributed by atoms with Crippen molar-refractivity contribution in [3.8, 4) is 12.1 Å². The van der Waals surface area contributed by atoms with Gasteiger partial charge in [0.05, 0.1) is 33.2 Å². The molecule has 22 heteroatoms. The number of alkyl halides is 4. The van der Waals surface area contributed by atoms with Crippen molar-refractivity contribution in [2.24, 2.45) is 22.7 Å². The van der Waals surface area contributed by atoms with Gasteiger partial charge in [0.15, 0.2) is 0 Å². The molecule has 6 atom stereocenters. The molecular weight excluding hydrogens is 1090 g/mol. The molecule has 79 heavy (non-hydrogen) atoms. The lowest BCUT2D eigenvalue weighted by molar-refractivity contribution is -0.127. The molecule has 0 bridgehead atoms. The van der Waals surface area contributed by atoms with Crippen LogP contribution in [0.25, 0.3) is 21.8 Å². The van der Waals surface area contributed by atoms with E-state index in [1.807, 2.05) is 12.1 Å². The van der Waals surface area contributed by atoms with Gasteiger partial charge in [0.2, 0.25) is 23.7 Å². The molecule has 4 amide bonds. The zero-order chi connectivity index (χ0) is 56.9. The summed E-state index contributed by atoms with van der Waals surface area (Å²) in [5.74, 6) is -7.60. The number of fused-ring (bicyclic) bond motifs is 2. The van der Waals surface area contributed by atoms with E-state index in [1.54, 1.807) is 36.4 Å². The molecule has 6 fully saturated rings. The van der Waals surface area contributed by atoms with E-state index >= 15 is 0 Å². The first-order valence-corrected chi connectivity index (χ1v) is 29.0. The zero-order valence-electron chi connectivity index (χ0n) is 43.9. The summed E-state index contributed by atoms with van der Waals surface area (Å²) in [5, 5.41) is 27.4. The fourth-order valence-electron chi connectivity index (χ4n) is 12.8. The number of aromatic nitrogens is 2. The maximum Gasteiger partial charge on any atom is 0.271 e. The highest BCUT2D eigenvalue weighted by Gasteiger charge is 2.55. The number of nitrogens with zero attached hydrogens (tertiary/aromatic N) is 4. The number of hydrogen-bond donors (Lipinski definition) is 4. The summed E-state index contributed by atoms with van der Waals surface area (Å²) in [4.78, 5) is 88.1. The van der Waals surface area contributed by atoms with Crippen LogP contribution in [0.15, 0.2) is 48.5 Å². The van der Waals surface area contributed by atoms with E-state index < -0.39 is 70.5 Å². The highest BCUT2D eigenvalue weighted by Crippen LogP contribution is 2.52. The summed E-state index contributed by atoms with van der Waals surface area (Å²) >= 11 is 12.8. The summed E-state index contributed by atoms with van der Waals surface area (Å²) in [6.07, 6.45) is 7.96. The van der Waals surface area contributed by atoms with Crippen molar-refractivity contribution in [3.05, 3.63) is 70.0 Å². The van der Waals surface area contributed by atoms with Crippen molar-refractivity contribution < 1.29 is 50.2 Å². The van der Waals surface area contributed by atoms with Crippen molar-refractivity contribution in [2.75, 3.05) is 19.3 Å². The van der Waals surface area contributed by atoms with E-state index in [9.17, 15) is 60.7 Å². The topological polar surface area (TPSA) is 212 Å². The monoisotopic (exact) mass is 1150 g/mol. The lowest BCUT2D eigenvalue weighted by Crippen LogP contribution is -2.49. The predicted molar refractivity (Wildman–Crippen MR) is 290 cm³/mol. The Morgan fingerprint density at radius 2 is 1.03 bits per heavy atom. The predicted octanol–water partition coefficient (Wildman–Crippen LogP) is 12.0. The molecule has 2 aromatic heterocycles. The molecule has 10 rings (SSSR count). The maximum absolute atomic E-state index is 14.0. The molecule has 4 heterocycles. The molecule has 2 spiro atoms. The van der Waals surface area contributed by atoms with Gasteiger partial charge in [0.1, 0.15) is 47.1 Å². The summed E-state index contributed by atoms with van der Waals surface area (Å²) in [6.45, 7) is 0.364. The fourth-order valence-corrected chi connectivity index (χ4v) is 13.3. The molecule has 2 unspecified atom stereocenters. The first kappa shape index (κ1) is 59.4. The average Bonchev–Trinajstić information content (AvgIpc) is 4.38. The van der Waals surface area contributed by atoms with E-state index in [0.717, 1.165) is 36.5 Å². The Hall–Kier alpha value is -5.70. The normalized spacial score (nSPS) is 24.6. The molecule has 2 aliphatic heterocycles. The number of halogens is 7. The molecule has 4 saturated carbocycles. The van der Waals surface area contributed by atoms with Crippen LogP contribution in [-0.4, -0.2) is 110 Å². The van der Waals surface area contributed by atoms with Gasteiger partial charge < -0.3 is 30.4 Å². The van der Waals surface area contributed by atoms with Gasteiger partial charge in [-0.15, -0.1) is 0 Å². The minimum Gasteiger partial charge on any atom is -0.349 e. The third-order valence-electron chi connectivity index (χ3n) is 17.2. The van der Waals surface area contributed by atoms with Gasteiger partial charge >= 0.3 is 0 Å². The van der Waals surface area contributed by atoms with Crippen LogP contribution in [0, 0.1) is 45.3 Å². The molecule has 4 aromatic rings. The van der Waals surface area contributed by atoms with Gasteiger partial charge in [-0.2, -0.15) is 14.4 Å². The first-order chi connectivity index (χ1) is 37.6. The summed E-state index contributed by atoms with van der Waals surface area (Å²) in [6, 6.07) is 14.6. The zero-order valence-corrected chi connectivity index (χ0v) is 46.3. The van der Waals surface area contributed by atoms with Crippen LogP contribution in [0.1, 0.15) is 149 Å². The largest absolute Gasteiger partial charge is 0.349 e. The van der Waals surface area contributed by atoms with Gasteiger partial charge in [0.25, 0.3) is 11.8 Å². The lowest BCUT2D eigenvalue weighted by Gasteiger charge is -2.36. The molecule has 2 aromatic carbocycles. The molecular formula is C57H65Cl2F5N8O6S. The summed E-state index contributed by atoms with van der Waals surface area (Å²) < 4.78 is 66.2. The second-order valence-corrected chi connectivity index (χ2v) is 23.7. The molecule has 424 valence electrons. The van der Waals surface area contributed by atoms with Crippen LogP contribution in [-0.2, 0) is 19.2 Å². The second-order valence-electron chi connectivity index (χ2n) is 22.6. The summed E-state index contributed by atoms with van der Waals surface area (Å²) in [7, 11) is 0. The number of H-pyrrole nitrogens is 2. The van der Waals surface area contributed by atoms with E-state index in [1.165, 1.54) is 16.1 Å². The van der Waals surface area contributed by atoms with Crippen LogP contribution in [0.3, 0.4) is 0 Å². The molecule has 0 radical (unpaired) electrons. The number of nitrogens with one attached hydrogen (secondary N) is 4. The Labute approximate surface area is 469 Å². The quantitative estimate of drug-likeness (QED) is 0.111. The minimum atomic E-state index is -2.74. The number of Topliss-reactive ketones (excluding diaryl/α,β-unsaturated/α-hetero) is 2. The van der Waals surface area contributed by atoms with Crippen molar-refractivity contribution in [1.82, 2.24) is 30.4 Å². The Morgan fingerprint density at radius 3 is 1.35 bits per heavy atom. The van der Waals surface area contributed by atoms with Gasteiger partial charge in [-0.05, 0) is 112 Å². The SMILES string of the molecule is CSF.N#C[C@H](C[C@@H]1CCCCC1=O)NC(=O)C1CC2(CCC(F)(F)CC2)CN1C(=O)c1cc2cccc(Cl)c2[nH]1.N#C[C@H](C[C@@H]1CCCCC1=O)NC(=O)C1CC2(CCC(F)(F)CC2)CN1C(=O)c1cc2cccc(Cl)c2[nH]1. The van der Waals surface area contributed by atoms with Crippen LogP contribution in [0.5, 0.6) is 0 Å². The number of amides is 4. The average molecular weight is 1160 g/mol. The lowest BCUT2D eigenvalue weighted by atomic mass is 9.71. The van der Waals surface area contributed by atoms with E-state index in [0.29, 0.717) is 46.8 Å². The van der Waals surface area contributed by atoms with Crippen LogP contribution >= 0.6 is 35.3 Å². The molecule has 6 aliphatic rings. The van der Waals surface area contributed by atoms with Crippen molar-refractivity contribution >= 4 is 92.4 Å². The maximum atomic E-state index is 14.0. The number of ketones is 2. The van der Waals surface area contributed by atoms with E-state index in [-0.39, 0.29) is 137 Å². The number of para-hydroxylation sites is 2. The third-order valence-corrected chi connectivity index (χ3v) is 17.9. The number of hydrogen-bond acceptors (Lipinski definition) is 9. The molecule has 4 N–H and O–H groups in total. The Balaban J connectivity index is 0.000000198. The number of carbonyl (C=O) groups is 6. The second kappa shape index (κ2) is 25.0. The number of carbonyl (C=O) groups excluding carboxylic acids is 6. The van der Waals surface area contributed by atoms with Crippen molar-refractivity contribution in [3.63, 3.8) is 0 Å². The van der Waals surface area contributed by atoms with Crippen molar-refractivity contribution in [2.45, 2.75) is 164 Å². The number of likely N-dealkylation sites (tertiary alicyclic amines) is 2. The number of nitriles is 2. The molecule has 14 nitrogen and oxygen atoms in total. The van der Waals surface area contributed by atoms with Crippen molar-refractivity contribution in [1.29, 1.82) is 10.5 Å². The van der Waals surface area contributed by atoms with E-state index in [4.69, 9.17) is 23.2 Å². The molecule has 4 aliphatic carbocycles. The fraction of sp³-hybridized carbons (Fsp3) is 0.579. The van der Waals surface area contributed by atoms with Gasteiger partial charge in [-0.25, -0.2) is 17.6 Å². The number of benzene rings is 2. The van der Waals surface area contributed by atoms with Crippen LogP contribution in [0.2, 0.25) is 10.0 Å². The standard InChI is InChI=1S/2C28H31ClF2N4O3.CH3FS/c2*29-20-6-3-5-18-13-21(34-24(18)20)26(38)35-16-27(8-10-28(30,31)11-9-27)14-22(35)25(37)33-19(15-32)12-17-4-1-2-7-23(17)36;1-3-2/h2*3,5-6,13,17,19,22,34H,1-2,4,7-12,14,16H2,(H,33,37);1H3/t2*17-,19-,22?;/m00./s1. The molecule has 2 saturated heterocycles. The highest BCUT2D eigenvalue weighted by atomic mass is 35.5. The Morgan fingerprint density at radius 1 is 0.658 bits per heavy atom. The number of rotatable bonds is 10. The van der Waals surface area contributed by atoms with Gasteiger partial charge in [0, 0.05) is 92.6 Å². The summed E-state index contributed by atoms with van der Waals surface area (Å²) in [5.41, 5.74) is 0.537. The number of aromatic amines is 2. The highest BCUT2D eigenvalue weighted by molar-refractivity contribution is 7.93. The minimum absolute atomic E-state index is 0.114. The smallest absolute Gasteiger partial charge is 0.271 e. The van der Waals surface area contributed by atoms with E-state index in [2.05, 4.69) is 32.7 Å². The first-order valence-electron chi connectivity index (χ1n) is 27.1. The van der Waals surface area contributed by atoms with Crippen LogP contribution in [0.4, 0.5) is 21.4 Å². The van der Waals surface area contributed by atoms with Gasteiger partial charge in [-0.3, -0.25) is 28.8 Å². The Bertz CT molecular complexity index is 2810. The van der Waals surface area contributed by atoms with Crippen LogP contribution < -0.4 is 10.6 Å².